The molecule has 2 rings (SSSR count). The number of benzene rings is 1. The number of rotatable bonds is 7. The Kier molecular flexibility index (Phi) is 6.71. The number of hydrogen-bond acceptors (Lipinski definition) is 3. The van der Waals surface area contributed by atoms with Crippen molar-refractivity contribution in [2.45, 2.75) is 65.0 Å². The molecule has 1 saturated heterocycles. The summed E-state index contributed by atoms with van der Waals surface area (Å²) in [5.41, 5.74) is 2.11. The van der Waals surface area contributed by atoms with E-state index in [4.69, 9.17) is 4.74 Å². The van der Waals surface area contributed by atoms with Crippen molar-refractivity contribution in [3.05, 3.63) is 29.3 Å². The van der Waals surface area contributed by atoms with Crippen molar-refractivity contribution < 1.29 is 9.84 Å². The summed E-state index contributed by atoms with van der Waals surface area (Å²) < 4.78 is 5.80. The molecule has 0 aliphatic carbocycles. The molecule has 3 heteroatoms. The lowest BCUT2D eigenvalue weighted by molar-refractivity contribution is 0.107. The lowest BCUT2D eigenvalue weighted by Gasteiger charge is -2.33. The normalized spacial score (nSPS) is 20.8. The predicted octanol–water partition coefficient (Wildman–Crippen LogP) is 4.08. The van der Waals surface area contributed by atoms with E-state index >= 15 is 0 Å². The van der Waals surface area contributed by atoms with E-state index in [-0.39, 0.29) is 0 Å². The molecule has 2 unspecified atom stereocenters. The molecule has 124 valence electrons. The fourth-order valence-electron chi connectivity index (χ4n) is 3.21. The lowest BCUT2D eigenvalue weighted by atomic mass is 10.00. The summed E-state index contributed by atoms with van der Waals surface area (Å²) in [5.74, 6) is 0.839. The second-order valence-electron chi connectivity index (χ2n) is 6.57. The number of aryl methyl sites for hydroxylation is 1. The Hall–Kier alpha value is -1.06. The first-order chi connectivity index (χ1) is 10.6. The van der Waals surface area contributed by atoms with Crippen LogP contribution in [-0.2, 0) is 0 Å². The summed E-state index contributed by atoms with van der Waals surface area (Å²) in [6, 6.07) is 6.75. The van der Waals surface area contributed by atoms with E-state index in [9.17, 15) is 5.11 Å². The standard InChI is InChI=1S/C19H31NO2/c1-4-13-22-19-9-8-15(2)14-17(19)18(21)10-12-20-11-6-5-7-16(20)3/h8-9,14,16,18,21H,4-7,10-13H2,1-3H3. The second-order valence-corrected chi connectivity index (χ2v) is 6.57. The zero-order valence-electron chi connectivity index (χ0n) is 14.3. The minimum atomic E-state index is -0.444. The molecule has 1 fully saturated rings. The quantitative estimate of drug-likeness (QED) is 0.824. The van der Waals surface area contributed by atoms with Crippen LogP contribution in [0.1, 0.15) is 63.2 Å². The van der Waals surface area contributed by atoms with Gasteiger partial charge in [0, 0.05) is 18.2 Å². The van der Waals surface area contributed by atoms with Gasteiger partial charge in [-0.1, -0.05) is 25.0 Å². The molecule has 1 aromatic rings. The largest absolute Gasteiger partial charge is 0.493 e. The SMILES string of the molecule is CCCOc1ccc(C)cc1C(O)CCN1CCCCC1C. The van der Waals surface area contributed by atoms with E-state index in [2.05, 4.69) is 31.7 Å². The van der Waals surface area contributed by atoms with Gasteiger partial charge < -0.3 is 14.7 Å². The minimum absolute atomic E-state index is 0.444. The summed E-state index contributed by atoms with van der Waals surface area (Å²) in [7, 11) is 0. The number of piperidine rings is 1. The van der Waals surface area contributed by atoms with Gasteiger partial charge in [0.25, 0.3) is 0 Å². The number of nitrogens with zero attached hydrogens (tertiary/aromatic N) is 1. The minimum Gasteiger partial charge on any atom is -0.493 e. The predicted molar refractivity (Wildman–Crippen MR) is 91.4 cm³/mol. The maximum atomic E-state index is 10.6. The summed E-state index contributed by atoms with van der Waals surface area (Å²) in [6.07, 6.45) is 5.22. The van der Waals surface area contributed by atoms with Crippen LogP contribution in [0.2, 0.25) is 0 Å². The lowest BCUT2D eigenvalue weighted by Crippen LogP contribution is -2.38. The van der Waals surface area contributed by atoms with Gasteiger partial charge in [-0.15, -0.1) is 0 Å². The molecule has 1 N–H and O–H groups in total. The van der Waals surface area contributed by atoms with Gasteiger partial charge in [0.05, 0.1) is 12.7 Å². The van der Waals surface area contributed by atoms with Gasteiger partial charge in [-0.05, 0) is 58.2 Å². The number of hydrogen-bond donors (Lipinski definition) is 1. The van der Waals surface area contributed by atoms with Crippen LogP contribution >= 0.6 is 0 Å². The highest BCUT2D eigenvalue weighted by Crippen LogP contribution is 2.29. The topological polar surface area (TPSA) is 32.7 Å². The van der Waals surface area contributed by atoms with E-state index < -0.39 is 6.10 Å². The fourth-order valence-corrected chi connectivity index (χ4v) is 3.21. The number of aliphatic hydroxyl groups excluding tert-OH is 1. The maximum Gasteiger partial charge on any atom is 0.125 e. The van der Waals surface area contributed by atoms with Gasteiger partial charge >= 0.3 is 0 Å². The van der Waals surface area contributed by atoms with Crippen molar-refractivity contribution in [3.8, 4) is 5.75 Å². The molecule has 0 saturated carbocycles. The van der Waals surface area contributed by atoms with Crippen molar-refractivity contribution >= 4 is 0 Å². The molecular weight excluding hydrogens is 274 g/mol. The van der Waals surface area contributed by atoms with Crippen LogP contribution in [-0.4, -0.2) is 35.7 Å². The molecule has 1 aliphatic rings. The molecule has 1 aromatic carbocycles. The van der Waals surface area contributed by atoms with Crippen LogP contribution in [0.3, 0.4) is 0 Å². The van der Waals surface area contributed by atoms with Crippen LogP contribution in [0.25, 0.3) is 0 Å². The molecule has 3 nitrogen and oxygen atoms in total. The first-order valence-corrected chi connectivity index (χ1v) is 8.77. The summed E-state index contributed by atoms with van der Waals surface area (Å²) >= 11 is 0. The third-order valence-corrected chi connectivity index (χ3v) is 4.62. The highest BCUT2D eigenvalue weighted by atomic mass is 16.5. The summed E-state index contributed by atoms with van der Waals surface area (Å²) in [5, 5.41) is 10.6. The van der Waals surface area contributed by atoms with E-state index in [0.717, 1.165) is 30.7 Å². The van der Waals surface area contributed by atoms with Crippen LogP contribution in [0, 0.1) is 6.92 Å². The molecule has 1 aliphatic heterocycles. The van der Waals surface area contributed by atoms with Crippen LogP contribution in [0.4, 0.5) is 0 Å². The average Bonchev–Trinajstić information content (AvgIpc) is 2.52. The van der Waals surface area contributed by atoms with Crippen LogP contribution in [0.5, 0.6) is 5.75 Å². The van der Waals surface area contributed by atoms with Gasteiger partial charge in [-0.25, -0.2) is 0 Å². The average molecular weight is 305 g/mol. The highest BCUT2D eigenvalue weighted by molar-refractivity contribution is 5.38. The highest BCUT2D eigenvalue weighted by Gasteiger charge is 2.20. The molecule has 0 aromatic heterocycles. The zero-order valence-corrected chi connectivity index (χ0v) is 14.3. The van der Waals surface area contributed by atoms with Gasteiger partial charge in [-0.2, -0.15) is 0 Å². The second kappa shape index (κ2) is 8.54. The van der Waals surface area contributed by atoms with E-state index in [1.54, 1.807) is 0 Å². The first-order valence-electron chi connectivity index (χ1n) is 8.77. The Labute approximate surface area is 135 Å². The third kappa shape index (κ3) is 4.72. The molecule has 0 spiro atoms. The Morgan fingerprint density at radius 3 is 2.91 bits per heavy atom. The first kappa shape index (κ1) is 17.3. The van der Waals surface area contributed by atoms with Gasteiger partial charge in [0.1, 0.15) is 5.75 Å². The molecule has 0 amide bonds. The molecule has 0 bridgehead atoms. The van der Waals surface area contributed by atoms with E-state index in [1.165, 1.54) is 31.4 Å². The summed E-state index contributed by atoms with van der Waals surface area (Å²) in [6.45, 7) is 9.29. The van der Waals surface area contributed by atoms with E-state index in [1.807, 2.05) is 12.1 Å². The summed E-state index contributed by atoms with van der Waals surface area (Å²) in [4.78, 5) is 2.51. The Morgan fingerprint density at radius 2 is 2.18 bits per heavy atom. The van der Waals surface area contributed by atoms with Gasteiger partial charge in [0.15, 0.2) is 0 Å². The van der Waals surface area contributed by atoms with Crippen molar-refractivity contribution in [2.75, 3.05) is 19.7 Å². The van der Waals surface area contributed by atoms with Crippen LogP contribution < -0.4 is 4.74 Å². The fraction of sp³-hybridized carbons (Fsp3) is 0.684. The smallest absolute Gasteiger partial charge is 0.125 e. The van der Waals surface area contributed by atoms with Crippen molar-refractivity contribution in [1.29, 1.82) is 0 Å². The van der Waals surface area contributed by atoms with Crippen molar-refractivity contribution in [3.63, 3.8) is 0 Å². The monoisotopic (exact) mass is 305 g/mol. The number of likely N-dealkylation sites (tertiary alicyclic amines) is 1. The van der Waals surface area contributed by atoms with Gasteiger partial charge in [0.2, 0.25) is 0 Å². The van der Waals surface area contributed by atoms with E-state index in [0.29, 0.717) is 12.6 Å². The molecule has 2 atom stereocenters. The van der Waals surface area contributed by atoms with Crippen LogP contribution in [0.15, 0.2) is 18.2 Å². The van der Waals surface area contributed by atoms with Gasteiger partial charge in [-0.3, -0.25) is 0 Å². The number of aliphatic hydroxyl groups is 1. The van der Waals surface area contributed by atoms with Crippen molar-refractivity contribution in [2.24, 2.45) is 0 Å². The molecular formula is C19H31NO2. The molecule has 22 heavy (non-hydrogen) atoms. The third-order valence-electron chi connectivity index (χ3n) is 4.62. The van der Waals surface area contributed by atoms with Crippen molar-refractivity contribution in [1.82, 2.24) is 4.90 Å². The number of ether oxygens (including phenoxy) is 1. The Morgan fingerprint density at radius 1 is 1.36 bits per heavy atom. The zero-order chi connectivity index (χ0) is 15.9. The Balaban J connectivity index is 1.98. The maximum absolute atomic E-state index is 10.6. The molecule has 1 heterocycles. The Bertz CT molecular complexity index is 461. The molecule has 0 radical (unpaired) electrons.